The van der Waals surface area contributed by atoms with Gasteiger partial charge in [-0.25, -0.2) is 23.1 Å². The first kappa shape index (κ1) is 43.1. The lowest BCUT2D eigenvalue weighted by Gasteiger charge is -2.32. The van der Waals surface area contributed by atoms with E-state index in [2.05, 4.69) is 15.0 Å². The van der Waals surface area contributed by atoms with Gasteiger partial charge in [0.15, 0.2) is 5.13 Å². The first-order chi connectivity index (χ1) is 31.0. The van der Waals surface area contributed by atoms with Gasteiger partial charge in [0.25, 0.3) is 21.8 Å². The Kier molecular flexibility index (Phi) is 12.5. The molecular weight excluding hydrogens is 849 g/mol. The Morgan fingerprint density at radius 2 is 1.64 bits per heavy atom. The fourth-order valence-corrected chi connectivity index (χ4v) is 11.2. The molecule has 1 saturated carbocycles. The molecule has 0 bridgehead atoms. The van der Waals surface area contributed by atoms with E-state index in [4.69, 9.17) is 14.8 Å². The number of carbonyl (C=O) groups excluding carboxylic acids is 3. The van der Waals surface area contributed by atoms with E-state index in [1.54, 1.807) is 31.3 Å². The third-order valence-corrected chi connectivity index (χ3v) is 15.1. The number of carbonyl (C=O) groups is 3. The van der Waals surface area contributed by atoms with Gasteiger partial charge in [0, 0.05) is 60.8 Å². The number of anilines is 3. The van der Waals surface area contributed by atoms with E-state index in [0.29, 0.717) is 91.3 Å². The van der Waals surface area contributed by atoms with Crippen LogP contribution in [0.3, 0.4) is 0 Å². The summed E-state index contributed by atoms with van der Waals surface area (Å²) in [5.41, 5.74) is 5.89. The number of esters is 1. The smallest absolute Gasteiger partial charge is 0.309 e. The minimum absolute atomic E-state index is 0.0498. The van der Waals surface area contributed by atoms with Crippen LogP contribution in [0.5, 0.6) is 0 Å². The van der Waals surface area contributed by atoms with E-state index < -0.39 is 15.9 Å². The highest BCUT2D eigenvalue weighted by Crippen LogP contribution is 2.34. The first-order valence-corrected chi connectivity index (χ1v) is 24.5. The molecule has 0 spiro atoms. The lowest BCUT2D eigenvalue weighted by Crippen LogP contribution is -2.37. The Bertz CT molecular complexity index is 2790. The molecule has 3 aromatic heterocycles. The maximum Gasteiger partial charge on any atom is 0.309 e. The van der Waals surface area contributed by atoms with Crippen molar-refractivity contribution in [3.63, 3.8) is 0 Å². The van der Waals surface area contributed by atoms with Gasteiger partial charge >= 0.3 is 5.97 Å². The molecule has 1 saturated heterocycles. The van der Waals surface area contributed by atoms with Gasteiger partial charge in [0.1, 0.15) is 11.5 Å². The monoisotopic (exact) mass is 900 g/mol. The number of nitrogens with zero attached hydrogens (tertiary/aromatic N) is 6. The summed E-state index contributed by atoms with van der Waals surface area (Å²) in [6.07, 6.45) is 9.50. The van der Waals surface area contributed by atoms with Crippen molar-refractivity contribution in [1.82, 2.24) is 24.5 Å². The summed E-state index contributed by atoms with van der Waals surface area (Å²) in [5.74, 6) is -0.548. The van der Waals surface area contributed by atoms with Crippen molar-refractivity contribution in [2.45, 2.75) is 83.2 Å². The lowest BCUT2D eigenvalue weighted by atomic mass is 9.89. The van der Waals surface area contributed by atoms with E-state index in [1.807, 2.05) is 76.0 Å². The summed E-state index contributed by atoms with van der Waals surface area (Å²) < 4.78 is 38.7. The number of para-hydroxylation sites is 1. The Balaban J connectivity index is 0.997. The summed E-state index contributed by atoms with van der Waals surface area (Å²) >= 11 is 1.41. The van der Waals surface area contributed by atoms with Crippen molar-refractivity contribution in [3.8, 4) is 11.1 Å². The Labute approximate surface area is 377 Å². The molecule has 6 aromatic rings. The van der Waals surface area contributed by atoms with Crippen LogP contribution in [0.1, 0.15) is 89.5 Å². The number of thiazole rings is 1. The van der Waals surface area contributed by atoms with Crippen LogP contribution in [0.4, 0.5) is 16.6 Å². The fourth-order valence-electron chi connectivity index (χ4n) is 9.31. The first-order valence-electron chi connectivity index (χ1n) is 22.2. The molecule has 2 N–H and O–H groups in total. The molecular formula is C48H52N8O6S2. The number of hydrogen-bond acceptors (Lipinski definition) is 12. The highest BCUT2D eigenvalue weighted by atomic mass is 32.2. The number of benzene rings is 3. The summed E-state index contributed by atoms with van der Waals surface area (Å²) in [6.45, 7) is 6.88. The van der Waals surface area contributed by atoms with Crippen LogP contribution in [0.25, 0.3) is 21.3 Å². The van der Waals surface area contributed by atoms with Crippen molar-refractivity contribution < 1.29 is 27.5 Å². The molecule has 0 unspecified atom stereocenters. The zero-order valence-corrected chi connectivity index (χ0v) is 37.7. The minimum atomic E-state index is -4.37. The number of piperidine rings is 1. The Morgan fingerprint density at radius 3 is 2.44 bits per heavy atom. The maximum absolute atomic E-state index is 14.5. The predicted octanol–water partition coefficient (Wildman–Crippen LogP) is 8.16. The highest BCUT2D eigenvalue weighted by molar-refractivity contribution is 7.90. The number of amides is 2. The number of rotatable bonds is 12. The molecule has 0 radical (unpaired) electrons. The van der Waals surface area contributed by atoms with E-state index in [0.717, 1.165) is 46.4 Å². The molecule has 2 amide bonds. The molecule has 3 aromatic carbocycles. The quantitative estimate of drug-likeness (QED) is 0.114. The van der Waals surface area contributed by atoms with Crippen molar-refractivity contribution in [3.05, 3.63) is 113 Å². The molecule has 5 heterocycles. The molecule has 0 atom stereocenters. The molecule has 3 aliphatic rings. The largest absolute Gasteiger partial charge is 0.466 e. The van der Waals surface area contributed by atoms with Gasteiger partial charge in [-0.2, -0.15) is 5.10 Å². The summed E-state index contributed by atoms with van der Waals surface area (Å²) in [4.78, 5) is 54.2. The number of nitrogens with one attached hydrogen (secondary N) is 2. The average Bonchev–Trinajstić information content (AvgIpc) is 3.90. The molecule has 14 nitrogen and oxygen atoms in total. The lowest BCUT2D eigenvalue weighted by molar-refractivity contribution is -0.148. The van der Waals surface area contributed by atoms with Gasteiger partial charge in [-0.15, -0.1) is 0 Å². The number of sulfonamides is 1. The average molecular weight is 901 g/mol. The second-order valence-electron chi connectivity index (χ2n) is 16.9. The fraction of sp³-hybridized carbons (Fsp3) is 0.375. The molecule has 332 valence electrons. The van der Waals surface area contributed by atoms with Crippen LogP contribution in [0, 0.1) is 18.8 Å². The van der Waals surface area contributed by atoms with Crippen LogP contribution in [-0.2, 0) is 39.1 Å². The third kappa shape index (κ3) is 9.11. The van der Waals surface area contributed by atoms with Crippen LogP contribution >= 0.6 is 11.3 Å². The molecule has 1 aliphatic carbocycles. The Hall–Kier alpha value is -6.13. The SMILES string of the molecule is CCOC(=O)C1CCN(c2cccc(S(=O)(=O)NC(=O)c3nc(N4CCc5cccc(C(=O)Nc6nc7ccccc7s6)c5C4)ccc3-c3cnn(CC4CCCCC4)c3C)c2)CC1. The zero-order valence-electron chi connectivity index (χ0n) is 36.1. The maximum atomic E-state index is 14.5. The topological polar surface area (TPSA) is 169 Å². The van der Waals surface area contributed by atoms with Crippen molar-refractivity contribution >= 4 is 66.0 Å². The van der Waals surface area contributed by atoms with E-state index >= 15 is 0 Å². The van der Waals surface area contributed by atoms with Gasteiger partial charge < -0.3 is 14.5 Å². The van der Waals surface area contributed by atoms with Gasteiger partial charge in [0.2, 0.25) is 0 Å². The van der Waals surface area contributed by atoms with Crippen molar-refractivity contribution in [2.75, 3.05) is 41.4 Å². The summed E-state index contributed by atoms with van der Waals surface area (Å²) in [5, 5.41) is 8.26. The Morgan fingerprint density at radius 1 is 0.844 bits per heavy atom. The number of pyridine rings is 1. The van der Waals surface area contributed by atoms with Crippen molar-refractivity contribution in [2.24, 2.45) is 11.8 Å². The molecule has 2 aliphatic heterocycles. The molecule has 64 heavy (non-hydrogen) atoms. The molecule has 9 rings (SSSR count). The second kappa shape index (κ2) is 18.5. The molecule has 16 heteroatoms. The summed E-state index contributed by atoms with van der Waals surface area (Å²) in [7, 11) is -4.37. The van der Waals surface area contributed by atoms with E-state index in [9.17, 15) is 22.8 Å². The van der Waals surface area contributed by atoms with Gasteiger partial charge in [0.05, 0.1) is 33.8 Å². The predicted molar refractivity (Wildman–Crippen MR) is 248 cm³/mol. The zero-order chi connectivity index (χ0) is 44.4. The second-order valence-corrected chi connectivity index (χ2v) is 19.6. The number of fused-ring (bicyclic) bond motifs is 2. The third-order valence-electron chi connectivity index (χ3n) is 12.8. The normalized spacial score (nSPS) is 16.1. The summed E-state index contributed by atoms with van der Waals surface area (Å²) in [6, 6.07) is 23.6. The van der Waals surface area contributed by atoms with Crippen LogP contribution < -0.4 is 19.8 Å². The number of hydrogen-bond donors (Lipinski definition) is 2. The van der Waals surface area contributed by atoms with Gasteiger partial charge in [-0.1, -0.05) is 60.9 Å². The van der Waals surface area contributed by atoms with Crippen LogP contribution in [-0.4, -0.2) is 72.2 Å². The minimum Gasteiger partial charge on any atom is -0.466 e. The van der Waals surface area contributed by atoms with Crippen LogP contribution in [0.15, 0.2) is 90.0 Å². The van der Waals surface area contributed by atoms with E-state index in [1.165, 1.54) is 36.7 Å². The highest BCUT2D eigenvalue weighted by Gasteiger charge is 2.30. The molecule has 2 fully saturated rings. The number of aromatic nitrogens is 4. The van der Waals surface area contributed by atoms with Gasteiger partial charge in [-0.05, 0) is 112 Å². The van der Waals surface area contributed by atoms with Crippen LogP contribution in [0.2, 0.25) is 0 Å². The van der Waals surface area contributed by atoms with Gasteiger partial charge in [-0.3, -0.25) is 24.4 Å². The number of ether oxygens (including phenoxy) is 1. The van der Waals surface area contributed by atoms with E-state index in [-0.39, 0.29) is 28.4 Å². The standard InChI is InChI=1S/C48H52N8O6S2/c1-3-62-47(59)34-22-24-54(25-23-34)35-14-10-15-36(27-35)64(60,61)53-46(58)44-37(39-28-49-56(31(39)2)29-32-11-5-4-6-12-32)19-20-43(51-44)55-26-21-33-13-9-16-38(40(33)30-55)45(57)52-48-50-41-17-7-8-18-42(41)63-48/h7-10,13-20,27-28,32,34H,3-6,11-12,21-26,29-30H2,1-2H3,(H,53,58)(H,50,52,57). The van der Waals surface area contributed by atoms with Crippen molar-refractivity contribution in [1.29, 1.82) is 0 Å².